The number of hydrogen-bond acceptors (Lipinski definition) is 3. The van der Waals surface area contributed by atoms with Gasteiger partial charge in [0.2, 0.25) is 5.91 Å². The Kier molecular flexibility index (Phi) is 4.33. The monoisotopic (exact) mass is 288 g/mol. The highest BCUT2D eigenvalue weighted by Gasteiger charge is 2.09. The van der Waals surface area contributed by atoms with Gasteiger partial charge in [-0.15, -0.1) is 0 Å². The Bertz CT molecular complexity index is 665. The maximum absolute atomic E-state index is 11.7. The molecule has 2 aromatic rings. The zero-order valence-corrected chi connectivity index (χ0v) is 13.5. The van der Waals surface area contributed by atoms with Crippen LogP contribution in [0, 0.1) is 20.8 Å². The summed E-state index contributed by atoms with van der Waals surface area (Å²) < 4.78 is 0. The number of amides is 1. The Morgan fingerprint density at radius 1 is 1.15 bits per heavy atom. The lowest BCUT2D eigenvalue weighted by Gasteiger charge is -2.11. The van der Waals surface area contributed by atoms with E-state index in [0.717, 1.165) is 10.5 Å². The first kappa shape index (κ1) is 14.9. The Morgan fingerprint density at radius 3 is 2.50 bits per heavy atom. The number of carbonyl (C=O) groups is 1. The topological polar surface area (TPSA) is 33.2 Å². The molecule has 0 aliphatic rings. The molecular weight excluding hydrogens is 268 g/mol. The fraction of sp³-hybridized carbons (Fsp3) is 0.375. The molecule has 1 aromatic heterocycles. The molecule has 0 fully saturated rings. The molecule has 2 rings (SSSR count). The number of thioether (sulfide) groups is 1. The molecule has 4 heteroatoms. The van der Waals surface area contributed by atoms with Gasteiger partial charge in [-0.25, -0.2) is 4.98 Å². The summed E-state index contributed by atoms with van der Waals surface area (Å²) >= 11 is 1.50. The lowest BCUT2D eigenvalue weighted by atomic mass is 10.0. The highest BCUT2D eigenvalue weighted by atomic mass is 32.2. The third kappa shape index (κ3) is 3.12. The fourth-order valence-corrected chi connectivity index (χ4v) is 3.10. The number of rotatable bonds is 3. The van der Waals surface area contributed by atoms with Crippen LogP contribution in [0.1, 0.15) is 16.7 Å². The summed E-state index contributed by atoms with van der Waals surface area (Å²) in [7, 11) is 3.55. The molecule has 1 amide bonds. The molecule has 0 aliphatic heterocycles. The van der Waals surface area contributed by atoms with Gasteiger partial charge < -0.3 is 4.90 Å². The van der Waals surface area contributed by atoms with Crippen molar-refractivity contribution in [3.8, 4) is 0 Å². The summed E-state index contributed by atoms with van der Waals surface area (Å²) in [4.78, 5) is 18.0. The molecule has 20 heavy (non-hydrogen) atoms. The van der Waals surface area contributed by atoms with Crippen molar-refractivity contribution >= 4 is 28.6 Å². The molecule has 0 bridgehead atoms. The van der Waals surface area contributed by atoms with Gasteiger partial charge in [-0.05, 0) is 44.0 Å². The molecule has 1 aromatic carbocycles. The zero-order chi connectivity index (χ0) is 14.9. The van der Waals surface area contributed by atoms with E-state index in [1.807, 2.05) is 0 Å². The quantitative estimate of drug-likeness (QED) is 0.812. The van der Waals surface area contributed by atoms with Gasteiger partial charge in [-0.1, -0.05) is 23.4 Å². The number of pyridine rings is 1. The molecule has 0 aliphatic carbocycles. The maximum Gasteiger partial charge on any atom is 0.232 e. The summed E-state index contributed by atoms with van der Waals surface area (Å²) in [5.74, 6) is 0.533. The van der Waals surface area contributed by atoms with Gasteiger partial charge in [0.15, 0.2) is 0 Å². The van der Waals surface area contributed by atoms with Crippen molar-refractivity contribution in [2.75, 3.05) is 19.8 Å². The predicted molar refractivity (Wildman–Crippen MR) is 85.4 cm³/mol. The number of aromatic nitrogens is 1. The molecule has 0 saturated heterocycles. The second kappa shape index (κ2) is 5.83. The van der Waals surface area contributed by atoms with Crippen molar-refractivity contribution < 1.29 is 4.79 Å². The van der Waals surface area contributed by atoms with Gasteiger partial charge in [0.05, 0.1) is 16.3 Å². The summed E-state index contributed by atoms with van der Waals surface area (Å²) in [5.41, 5.74) is 4.68. The molecule has 0 saturated carbocycles. The number of benzene rings is 1. The average molecular weight is 288 g/mol. The van der Waals surface area contributed by atoms with Gasteiger partial charge in [0, 0.05) is 19.5 Å². The summed E-state index contributed by atoms with van der Waals surface area (Å²) in [6, 6.07) is 6.38. The molecule has 1 heterocycles. The summed E-state index contributed by atoms with van der Waals surface area (Å²) in [6.07, 6.45) is 0. The van der Waals surface area contributed by atoms with E-state index in [1.165, 1.54) is 33.8 Å². The maximum atomic E-state index is 11.7. The van der Waals surface area contributed by atoms with E-state index in [-0.39, 0.29) is 5.91 Å². The molecule has 0 atom stereocenters. The van der Waals surface area contributed by atoms with Crippen LogP contribution in [-0.4, -0.2) is 35.6 Å². The first-order valence-corrected chi connectivity index (χ1v) is 7.58. The van der Waals surface area contributed by atoms with Gasteiger partial charge in [0.1, 0.15) is 0 Å². The van der Waals surface area contributed by atoms with E-state index < -0.39 is 0 Å². The number of aryl methyl sites for hydroxylation is 3. The molecule has 3 nitrogen and oxygen atoms in total. The average Bonchev–Trinajstić information content (AvgIpc) is 2.37. The Hall–Kier alpha value is -1.55. The Balaban J connectivity index is 2.35. The van der Waals surface area contributed by atoms with Crippen molar-refractivity contribution in [1.29, 1.82) is 0 Å². The number of nitrogens with zero attached hydrogens (tertiary/aromatic N) is 2. The number of carbonyl (C=O) groups excluding carboxylic acids is 1. The Labute approximate surface area is 124 Å². The summed E-state index contributed by atoms with van der Waals surface area (Å²) in [5, 5.41) is 2.11. The number of hydrogen-bond donors (Lipinski definition) is 0. The fourth-order valence-electron chi connectivity index (χ4n) is 2.15. The highest BCUT2D eigenvalue weighted by Crippen LogP contribution is 2.26. The molecule has 0 unspecified atom stereocenters. The number of fused-ring (bicyclic) bond motifs is 1. The van der Waals surface area contributed by atoms with E-state index in [1.54, 1.807) is 19.0 Å². The zero-order valence-electron chi connectivity index (χ0n) is 12.7. The predicted octanol–water partition coefficient (Wildman–Crippen LogP) is 3.34. The first-order valence-electron chi connectivity index (χ1n) is 6.60. The highest BCUT2D eigenvalue weighted by molar-refractivity contribution is 7.99. The van der Waals surface area contributed by atoms with Crippen LogP contribution in [0.5, 0.6) is 0 Å². The normalized spacial score (nSPS) is 10.8. The van der Waals surface area contributed by atoms with Crippen molar-refractivity contribution in [2.45, 2.75) is 25.8 Å². The first-order chi connectivity index (χ1) is 9.38. The van der Waals surface area contributed by atoms with Crippen LogP contribution >= 0.6 is 11.8 Å². The molecule has 0 radical (unpaired) electrons. The largest absolute Gasteiger partial charge is 0.348 e. The summed E-state index contributed by atoms with van der Waals surface area (Å²) in [6.45, 7) is 6.28. The Morgan fingerprint density at radius 2 is 1.85 bits per heavy atom. The van der Waals surface area contributed by atoms with Crippen LogP contribution in [0.25, 0.3) is 10.9 Å². The second-order valence-corrected chi connectivity index (χ2v) is 6.33. The van der Waals surface area contributed by atoms with E-state index >= 15 is 0 Å². The lowest BCUT2D eigenvalue weighted by Crippen LogP contribution is -2.23. The standard InChI is InChI=1S/C16H20N2OS/c1-10-6-12(3)16-13(7-10)11(2)8-14(17-16)20-9-15(19)18(4)5/h6-8H,9H2,1-5H3. The SMILES string of the molecule is Cc1cc(C)c2nc(SCC(=O)N(C)C)cc(C)c2c1. The molecule has 0 N–H and O–H groups in total. The van der Waals surface area contributed by atoms with Crippen LogP contribution in [0.2, 0.25) is 0 Å². The van der Waals surface area contributed by atoms with E-state index in [0.29, 0.717) is 5.75 Å². The minimum atomic E-state index is 0.107. The molecule has 0 spiro atoms. The smallest absolute Gasteiger partial charge is 0.232 e. The van der Waals surface area contributed by atoms with Crippen molar-refractivity contribution in [3.05, 3.63) is 34.9 Å². The van der Waals surface area contributed by atoms with Gasteiger partial charge >= 0.3 is 0 Å². The van der Waals surface area contributed by atoms with E-state index in [9.17, 15) is 4.79 Å². The van der Waals surface area contributed by atoms with Crippen molar-refractivity contribution in [2.24, 2.45) is 0 Å². The van der Waals surface area contributed by atoms with Crippen molar-refractivity contribution in [3.63, 3.8) is 0 Å². The molecule has 106 valence electrons. The van der Waals surface area contributed by atoms with E-state index in [4.69, 9.17) is 4.98 Å². The molecular formula is C16H20N2OS. The van der Waals surface area contributed by atoms with Gasteiger partial charge in [-0.2, -0.15) is 0 Å². The minimum Gasteiger partial charge on any atom is -0.348 e. The van der Waals surface area contributed by atoms with Crippen molar-refractivity contribution in [1.82, 2.24) is 9.88 Å². The van der Waals surface area contributed by atoms with Crippen LogP contribution < -0.4 is 0 Å². The van der Waals surface area contributed by atoms with Gasteiger partial charge in [-0.3, -0.25) is 4.79 Å². The van der Waals surface area contributed by atoms with Crippen LogP contribution in [0.15, 0.2) is 23.2 Å². The van der Waals surface area contributed by atoms with Gasteiger partial charge in [0.25, 0.3) is 0 Å². The third-order valence-electron chi connectivity index (χ3n) is 3.27. The lowest BCUT2D eigenvalue weighted by molar-refractivity contribution is -0.125. The third-order valence-corrected chi connectivity index (χ3v) is 4.17. The van der Waals surface area contributed by atoms with E-state index in [2.05, 4.69) is 39.0 Å². The second-order valence-electron chi connectivity index (χ2n) is 5.33. The minimum absolute atomic E-state index is 0.107. The van der Waals surface area contributed by atoms with Crippen LogP contribution in [-0.2, 0) is 4.79 Å². The van der Waals surface area contributed by atoms with Crippen LogP contribution in [0.4, 0.5) is 0 Å². The van der Waals surface area contributed by atoms with Crippen LogP contribution in [0.3, 0.4) is 0 Å².